The summed E-state index contributed by atoms with van der Waals surface area (Å²) in [6, 6.07) is 102. The number of rotatable bonds is 11. The van der Waals surface area contributed by atoms with Crippen molar-refractivity contribution < 1.29 is 0 Å². The molecular weight excluding hydrogens is 871 g/mol. The van der Waals surface area contributed by atoms with E-state index in [2.05, 4.69) is 290 Å². The zero-order valence-electron chi connectivity index (χ0n) is 39.6. The molecule has 11 aromatic carbocycles. The first-order chi connectivity index (χ1) is 35.6. The second-order valence-electron chi connectivity index (χ2n) is 18.2. The van der Waals surface area contributed by atoms with Gasteiger partial charge in [0.05, 0.1) is 0 Å². The van der Waals surface area contributed by atoms with Crippen molar-refractivity contribution in [3.63, 3.8) is 0 Å². The van der Waals surface area contributed by atoms with Gasteiger partial charge in [-0.2, -0.15) is 0 Å². The van der Waals surface area contributed by atoms with Crippen LogP contribution in [-0.2, 0) is 0 Å². The van der Waals surface area contributed by atoms with Gasteiger partial charge < -0.3 is 5.32 Å². The van der Waals surface area contributed by atoms with Gasteiger partial charge in [0.15, 0.2) is 5.84 Å². The fourth-order valence-electron chi connectivity index (χ4n) is 9.73. The number of nitrogens with zero attached hydrogens (tertiary/aromatic N) is 2. The summed E-state index contributed by atoms with van der Waals surface area (Å²) in [5.74, 6) is 1.46. The van der Waals surface area contributed by atoms with Crippen LogP contribution in [0.2, 0.25) is 0 Å². The second-order valence-corrected chi connectivity index (χ2v) is 18.2. The molecule has 1 aliphatic heterocycles. The molecule has 1 unspecified atom stereocenters. The van der Waals surface area contributed by atoms with Gasteiger partial charge >= 0.3 is 0 Å². The van der Waals surface area contributed by atoms with Gasteiger partial charge in [0.25, 0.3) is 0 Å². The number of benzene rings is 11. The summed E-state index contributed by atoms with van der Waals surface area (Å²) in [4.78, 5) is 10.6. The Bertz CT molecular complexity index is 3760. The van der Waals surface area contributed by atoms with Crippen molar-refractivity contribution in [1.29, 1.82) is 0 Å². The van der Waals surface area contributed by atoms with Crippen LogP contribution in [0.1, 0.15) is 22.9 Å². The molecule has 1 aliphatic rings. The summed E-state index contributed by atoms with van der Waals surface area (Å²) >= 11 is 0. The molecule has 3 nitrogen and oxygen atoms in total. The molecule has 1 atom stereocenters. The van der Waals surface area contributed by atoms with Crippen LogP contribution in [0.25, 0.3) is 89.0 Å². The third-order valence-electron chi connectivity index (χ3n) is 13.5. The van der Waals surface area contributed by atoms with E-state index in [1.54, 1.807) is 0 Å². The molecule has 0 radical (unpaired) electrons. The predicted octanol–water partition coefficient (Wildman–Crippen LogP) is 17.5. The molecular formula is C69H49N3. The van der Waals surface area contributed by atoms with Crippen LogP contribution in [0.4, 0.5) is 0 Å². The molecule has 0 aliphatic carbocycles. The molecule has 11 aromatic rings. The first kappa shape index (κ1) is 43.8. The van der Waals surface area contributed by atoms with Gasteiger partial charge in [0.1, 0.15) is 12.0 Å². The first-order valence-electron chi connectivity index (χ1n) is 24.6. The summed E-state index contributed by atoms with van der Waals surface area (Å²) in [6.07, 6.45) is -0.389. The van der Waals surface area contributed by atoms with E-state index >= 15 is 0 Å². The fourth-order valence-corrected chi connectivity index (χ4v) is 9.73. The molecule has 1 heterocycles. The molecule has 0 amide bonds. The summed E-state index contributed by atoms with van der Waals surface area (Å²) in [6.45, 7) is 0. The van der Waals surface area contributed by atoms with E-state index in [9.17, 15) is 0 Å². The van der Waals surface area contributed by atoms with Gasteiger partial charge in [-0.25, -0.2) is 9.98 Å². The average Bonchev–Trinajstić information content (AvgIpc) is 3.48. The van der Waals surface area contributed by atoms with E-state index in [1.165, 1.54) is 50.1 Å². The minimum absolute atomic E-state index is 0.389. The highest BCUT2D eigenvalue weighted by Crippen LogP contribution is 2.35. The zero-order chi connectivity index (χ0) is 48.1. The highest BCUT2D eigenvalue weighted by atomic mass is 15.2. The van der Waals surface area contributed by atoms with E-state index in [-0.39, 0.29) is 6.17 Å². The van der Waals surface area contributed by atoms with Crippen molar-refractivity contribution in [3.05, 3.63) is 302 Å². The van der Waals surface area contributed by atoms with Gasteiger partial charge in [-0.3, -0.25) is 0 Å². The van der Waals surface area contributed by atoms with Gasteiger partial charge in [-0.05, 0) is 137 Å². The van der Waals surface area contributed by atoms with Crippen LogP contribution in [-0.4, -0.2) is 11.7 Å². The van der Waals surface area contributed by atoms with E-state index in [1.807, 2.05) is 0 Å². The van der Waals surface area contributed by atoms with Crippen LogP contribution in [0.3, 0.4) is 0 Å². The van der Waals surface area contributed by atoms with E-state index in [0.29, 0.717) is 5.84 Å². The molecule has 0 saturated heterocycles. The highest BCUT2D eigenvalue weighted by Gasteiger charge is 2.22. The monoisotopic (exact) mass is 919 g/mol. The van der Waals surface area contributed by atoms with Crippen LogP contribution in [0.15, 0.2) is 295 Å². The Labute approximate surface area is 421 Å². The maximum absolute atomic E-state index is 5.37. The maximum Gasteiger partial charge on any atom is 0.159 e. The first-order valence-corrected chi connectivity index (χ1v) is 24.6. The lowest BCUT2D eigenvalue weighted by Crippen LogP contribution is -2.33. The molecule has 12 rings (SSSR count). The Morgan fingerprint density at radius 3 is 0.875 bits per heavy atom. The largest absolute Gasteiger partial charge is 0.344 e. The van der Waals surface area contributed by atoms with Crippen molar-refractivity contribution in [1.82, 2.24) is 5.32 Å². The maximum atomic E-state index is 5.37. The van der Waals surface area contributed by atoms with Crippen LogP contribution < -0.4 is 5.32 Å². The van der Waals surface area contributed by atoms with Gasteiger partial charge in [0.2, 0.25) is 0 Å². The predicted molar refractivity (Wildman–Crippen MR) is 302 cm³/mol. The Kier molecular flexibility index (Phi) is 12.1. The quantitative estimate of drug-likeness (QED) is 0.138. The molecule has 0 saturated carbocycles. The summed E-state index contributed by atoms with van der Waals surface area (Å²) in [5.41, 5.74) is 21.7. The molecule has 0 aromatic heterocycles. The summed E-state index contributed by atoms with van der Waals surface area (Å²) < 4.78 is 0. The van der Waals surface area contributed by atoms with Gasteiger partial charge in [-0.15, -0.1) is 0 Å². The molecule has 72 heavy (non-hydrogen) atoms. The molecule has 0 spiro atoms. The molecule has 3 heteroatoms. The minimum atomic E-state index is -0.389. The zero-order valence-corrected chi connectivity index (χ0v) is 39.6. The van der Waals surface area contributed by atoms with Crippen LogP contribution in [0, 0.1) is 0 Å². The minimum Gasteiger partial charge on any atom is -0.344 e. The molecule has 0 bridgehead atoms. The van der Waals surface area contributed by atoms with Crippen LogP contribution in [0.5, 0.6) is 0 Å². The SMILES string of the molecule is c1ccc(-c2cccc(C3=NC(c4cccc(-c5cccc(-c6ccccc6)c5)c4)=NC(c4cccc(-c5cccc(-c6ccc(-c7cccc(-c8cccc(-c9ccccc9)c8)c7)cc6)c5)c4)N3)c2)cc1. The Morgan fingerprint density at radius 2 is 0.486 bits per heavy atom. The standard InChI is InChI=1S/C69H49N3/c1-4-17-48(18-5-1)53-23-10-28-58(41-53)59-29-12-25-55(43-59)51-37-39-52(40-38-51)56-26-13-31-61(44-56)63-33-16-36-66(47-63)69-71-67(64-34-14-27-57(45-64)50-21-8-3-9-22-50)70-68(72-69)65-35-15-32-62(46-65)60-30-11-24-54(42-60)49-19-6-2-7-20-49/h1-47,69H,(H,70,71,72). The third kappa shape index (κ3) is 9.48. The smallest absolute Gasteiger partial charge is 0.159 e. The number of hydrogen-bond donors (Lipinski definition) is 1. The van der Waals surface area contributed by atoms with E-state index < -0.39 is 0 Å². The Morgan fingerprint density at radius 1 is 0.222 bits per heavy atom. The molecule has 0 fully saturated rings. The van der Waals surface area contributed by atoms with Crippen molar-refractivity contribution in [2.75, 3.05) is 0 Å². The lowest BCUT2D eigenvalue weighted by molar-refractivity contribution is 0.674. The van der Waals surface area contributed by atoms with Gasteiger partial charge in [0, 0.05) is 11.1 Å². The summed E-state index contributed by atoms with van der Waals surface area (Å²) in [5, 5.41) is 3.76. The second kappa shape index (κ2) is 19.9. The van der Waals surface area contributed by atoms with E-state index in [4.69, 9.17) is 9.98 Å². The van der Waals surface area contributed by atoms with Crippen molar-refractivity contribution in [3.8, 4) is 89.0 Å². The van der Waals surface area contributed by atoms with Crippen LogP contribution >= 0.6 is 0 Å². The summed E-state index contributed by atoms with van der Waals surface area (Å²) in [7, 11) is 0. The topological polar surface area (TPSA) is 36.8 Å². The Hall–Kier alpha value is -9.44. The van der Waals surface area contributed by atoms with E-state index in [0.717, 1.165) is 61.5 Å². The third-order valence-corrected chi connectivity index (χ3v) is 13.5. The molecule has 1 N–H and O–H groups in total. The lowest BCUT2D eigenvalue weighted by Gasteiger charge is -2.24. The number of nitrogens with one attached hydrogen (secondary N) is 1. The highest BCUT2D eigenvalue weighted by molar-refractivity contribution is 6.13. The van der Waals surface area contributed by atoms with Gasteiger partial charge in [-0.1, -0.05) is 243 Å². The fraction of sp³-hybridized carbons (Fsp3) is 0.0145. The van der Waals surface area contributed by atoms with Crippen molar-refractivity contribution in [2.24, 2.45) is 9.98 Å². The number of hydrogen-bond acceptors (Lipinski definition) is 3. The average molecular weight is 920 g/mol. The van der Waals surface area contributed by atoms with Crippen molar-refractivity contribution >= 4 is 11.7 Å². The number of amidine groups is 2. The van der Waals surface area contributed by atoms with Crippen molar-refractivity contribution in [2.45, 2.75) is 6.17 Å². The Balaban J connectivity index is 0.841. The number of aliphatic imine (C=N–C) groups is 2. The normalized spacial score (nSPS) is 13.1. The lowest BCUT2D eigenvalue weighted by atomic mass is 9.94. The molecule has 340 valence electrons.